The van der Waals surface area contributed by atoms with Gasteiger partial charge in [0.15, 0.2) is 0 Å². The highest BCUT2D eigenvalue weighted by Crippen LogP contribution is 1.81. The fraction of sp³-hybridized carbons (Fsp3) is 0.889. The number of aliphatic carboxylic acids is 1. The molecule has 0 aromatic carbocycles. The second-order valence-corrected chi connectivity index (χ2v) is 2.66. The quantitative estimate of drug-likeness (QED) is 0.678. The summed E-state index contributed by atoms with van der Waals surface area (Å²) in [6.45, 7) is 10.5. The molecule has 0 amide bonds. The molecule has 3 heteroatoms. The molecule has 0 saturated heterocycles. The molecule has 0 spiro atoms. The summed E-state index contributed by atoms with van der Waals surface area (Å²) in [5, 5.41) is 10.3. The summed E-state index contributed by atoms with van der Waals surface area (Å²) in [7, 11) is 1.59. The summed E-state index contributed by atoms with van der Waals surface area (Å²) in [6, 6.07) is 0. The second-order valence-electron chi connectivity index (χ2n) is 2.66. The molecular weight excluding hydrogens is 154 g/mol. The van der Waals surface area contributed by atoms with E-state index in [1.54, 1.807) is 7.05 Å². The van der Waals surface area contributed by atoms with Gasteiger partial charge in [-0.1, -0.05) is 34.6 Å². The second kappa shape index (κ2) is 16.8. The predicted octanol–water partition coefficient (Wildman–Crippen LogP) is 1.98. The van der Waals surface area contributed by atoms with Crippen molar-refractivity contribution in [1.29, 1.82) is 0 Å². The molecule has 0 aromatic rings. The molecule has 76 valence electrons. The molecule has 0 heterocycles. The van der Waals surface area contributed by atoms with Crippen LogP contribution in [0.25, 0.3) is 0 Å². The molecule has 12 heavy (non-hydrogen) atoms. The van der Waals surface area contributed by atoms with E-state index in [4.69, 9.17) is 5.11 Å². The Kier molecular flexibility index (Phi) is 24.5. The van der Waals surface area contributed by atoms with Gasteiger partial charge in [-0.2, -0.15) is 0 Å². The van der Waals surface area contributed by atoms with Gasteiger partial charge in [0.2, 0.25) is 0 Å². The van der Waals surface area contributed by atoms with Crippen LogP contribution in [0.15, 0.2) is 0 Å². The van der Waals surface area contributed by atoms with Gasteiger partial charge in [-0.05, 0) is 13.0 Å². The summed E-state index contributed by atoms with van der Waals surface area (Å²) in [5.74, 6) is 0.0116. The van der Waals surface area contributed by atoms with Crippen LogP contribution in [0.1, 0.15) is 34.6 Å². The number of carboxylic acids is 1. The van der Waals surface area contributed by atoms with Crippen molar-refractivity contribution in [3.63, 3.8) is 0 Å². The molecule has 0 bridgehead atoms. The molecule has 0 aliphatic heterocycles. The Balaban J connectivity index is -0.000000118. The molecule has 3 nitrogen and oxygen atoms in total. The lowest BCUT2D eigenvalue weighted by molar-refractivity contribution is -0.135. The zero-order valence-corrected chi connectivity index (χ0v) is 9.14. The number of carbonyl (C=O) groups is 1. The average molecular weight is 177 g/mol. The highest BCUT2D eigenvalue weighted by atomic mass is 16.4. The summed E-state index contributed by atoms with van der Waals surface area (Å²) < 4.78 is 0. The maximum absolute atomic E-state index is 9.54. The lowest BCUT2D eigenvalue weighted by Gasteiger charge is -1.84. The topological polar surface area (TPSA) is 49.3 Å². The number of hydrogen-bond acceptors (Lipinski definition) is 2. The van der Waals surface area contributed by atoms with Crippen LogP contribution in [-0.2, 0) is 4.79 Å². The summed E-state index contributed by atoms with van der Waals surface area (Å²) >= 11 is 0. The zero-order valence-electron chi connectivity index (χ0n) is 9.14. The Morgan fingerprint density at radius 1 is 1.33 bits per heavy atom. The van der Waals surface area contributed by atoms with Crippen LogP contribution >= 0.6 is 0 Å². The van der Waals surface area contributed by atoms with Gasteiger partial charge in [0.05, 0.1) is 6.54 Å². The molecule has 2 N–H and O–H groups in total. The van der Waals surface area contributed by atoms with Crippen molar-refractivity contribution < 1.29 is 9.90 Å². The lowest BCUT2D eigenvalue weighted by atomic mass is 10.3. The van der Waals surface area contributed by atoms with Crippen molar-refractivity contribution >= 4 is 5.97 Å². The Labute approximate surface area is 76.2 Å². The van der Waals surface area contributed by atoms with E-state index in [0.717, 1.165) is 5.92 Å². The van der Waals surface area contributed by atoms with Crippen molar-refractivity contribution in [1.82, 2.24) is 5.32 Å². The maximum atomic E-state index is 9.54. The summed E-state index contributed by atoms with van der Waals surface area (Å²) in [5.41, 5.74) is 0. The highest BCUT2D eigenvalue weighted by Gasteiger charge is 1.86. The molecule has 0 saturated carbocycles. The fourth-order valence-electron chi connectivity index (χ4n) is 0.151. The first kappa shape index (κ1) is 17.5. The van der Waals surface area contributed by atoms with Crippen molar-refractivity contribution in [3.8, 4) is 0 Å². The van der Waals surface area contributed by atoms with Gasteiger partial charge in [0, 0.05) is 0 Å². The maximum Gasteiger partial charge on any atom is 0.317 e. The molecule has 0 atom stereocenters. The van der Waals surface area contributed by atoms with E-state index in [0.29, 0.717) is 0 Å². The summed E-state index contributed by atoms with van der Waals surface area (Å²) in [6.07, 6.45) is 0. The van der Waals surface area contributed by atoms with Crippen LogP contribution in [0.5, 0.6) is 0 Å². The monoisotopic (exact) mass is 177 g/mol. The normalized spacial score (nSPS) is 7.58. The van der Waals surface area contributed by atoms with Crippen molar-refractivity contribution in [2.24, 2.45) is 5.92 Å². The Morgan fingerprint density at radius 2 is 1.58 bits per heavy atom. The van der Waals surface area contributed by atoms with Crippen LogP contribution in [0.2, 0.25) is 0 Å². The first-order valence-electron chi connectivity index (χ1n) is 4.37. The first-order chi connectivity index (χ1) is 5.50. The van der Waals surface area contributed by atoms with Gasteiger partial charge in [0.25, 0.3) is 0 Å². The average Bonchev–Trinajstić information content (AvgIpc) is 1.90. The van der Waals surface area contributed by atoms with Gasteiger partial charge < -0.3 is 10.4 Å². The molecule has 0 aromatic heterocycles. The molecule has 0 aliphatic rings. The number of carboxylic acid groups (broad SMARTS) is 1. The van der Waals surface area contributed by atoms with Gasteiger partial charge in [-0.3, -0.25) is 4.79 Å². The standard InChI is InChI=1S/C4H10.C3H7NO2.C2H6/c1-4(2)3;1-4-2-3(5)6;1-2/h4H,1-3H3;4H,2H2,1H3,(H,5,6);1-2H3. The number of nitrogens with one attached hydrogen (secondary N) is 1. The van der Waals surface area contributed by atoms with Gasteiger partial charge in [-0.25, -0.2) is 0 Å². The smallest absolute Gasteiger partial charge is 0.317 e. The van der Waals surface area contributed by atoms with E-state index < -0.39 is 5.97 Å². The predicted molar refractivity (Wildman–Crippen MR) is 53.4 cm³/mol. The fourth-order valence-corrected chi connectivity index (χ4v) is 0.151. The van der Waals surface area contributed by atoms with Crippen molar-refractivity contribution in [3.05, 3.63) is 0 Å². The van der Waals surface area contributed by atoms with Crippen LogP contribution in [0.3, 0.4) is 0 Å². The highest BCUT2D eigenvalue weighted by molar-refractivity contribution is 5.68. The van der Waals surface area contributed by atoms with E-state index in [1.165, 1.54) is 0 Å². The third-order valence-electron chi connectivity index (χ3n) is 0.328. The molecule has 0 aliphatic carbocycles. The van der Waals surface area contributed by atoms with Crippen LogP contribution in [0, 0.1) is 5.92 Å². The van der Waals surface area contributed by atoms with Crippen molar-refractivity contribution in [2.75, 3.05) is 13.6 Å². The molecule has 0 unspecified atom stereocenters. The van der Waals surface area contributed by atoms with E-state index in [9.17, 15) is 4.79 Å². The number of rotatable bonds is 2. The minimum Gasteiger partial charge on any atom is -0.480 e. The molecule has 0 radical (unpaired) electrons. The van der Waals surface area contributed by atoms with Crippen molar-refractivity contribution in [2.45, 2.75) is 34.6 Å². The number of hydrogen-bond donors (Lipinski definition) is 2. The minimum absolute atomic E-state index is 0.0417. The zero-order chi connectivity index (χ0) is 10.6. The third kappa shape index (κ3) is 113. The Morgan fingerprint density at radius 3 is 1.58 bits per heavy atom. The minimum atomic E-state index is -0.822. The van der Waals surface area contributed by atoms with Crippen LogP contribution in [0.4, 0.5) is 0 Å². The van der Waals surface area contributed by atoms with Crippen LogP contribution < -0.4 is 5.32 Å². The molecule has 0 rings (SSSR count). The van der Waals surface area contributed by atoms with Crippen LogP contribution in [-0.4, -0.2) is 24.7 Å². The van der Waals surface area contributed by atoms with E-state index in [-0.39, 0.29) is 6.54 Å². The SMILES string of the molecule is CC.CC(C)C.CNCC(=O)O. The third-order valence-corrected chi connectivity index (χ3v) is 0.328. The van der Waals surface area contributed by atoms with Gasteiger partial charge >= 0.3 is 5.97 Å². The lowest BCUT2D eigenvalue weighted by Crippen LogP contribution is -2.16. The van der Waals surface area contributed by atoms with E-state index >= 15 is 0 Å². The van der Waals surface area contributed by atoms with Gasteiger partial charge in [-0.15, -0.1) is 0 Å². The molecular formula is C9H23NO2. The Bertz CT molecular complexity index is 79.8. The molecule has 0 fully saturated rings. The van der Waals surface area contributed by atoms with Gasteiger partial charge in [0.1, 0.15) is 0 Å². The number of likely N-dealkylation sites (N-methyl/N-ethyl adjacent to an activating group) is 1. The first-order valence-corrected chi connectivity index (χ1v) is 4.37. The van der Waals surface area contributed by atoms with E-state index in [1.807, 2.05) is 13.8 Å². The summed E-state index contributed by atoms with van der Waals surface area (Å²) in [4.78, 5) is 9.54. The van der Waals surface area contributed by atoms with E-state index in [2.05, 4.69) is 26.1 Å². The largest absolute Gasteiger partial charge is 0.480 e. The Hall–Kier alpha value is -0.570.